The van der Waals surface area contributed by atoms with Crippen LogP contribution in [0, 0.1) is 5.92 Å². The number of piperidine rings is 1. The van der Waals surface area contributed by atoms with E-state index in [0.29, 0.717) is 12.0 Å². The minimum atomic E-state index is 0.527. The van der Waals surface area contributed by atoms with Gasteiger partial charge in [0, 0.05) is 25.3 Å². The number of hydrogen-bond donors (Lipinski definition) is 1. The highest BCUT2D eigenvalue weighted by molar-refractivity contribution is 9.10. The lowest BCUT2D eigenvalue weighted by atomic mass is 9.92. The first-order valence-corrected chi connectivity index (χ1v) is 7.95. The number of halogens is 1. The first-order chi connectivity index (χ1) is 9.13. The Morgan fingerprint density at radius 3 is 3.00 bits per heavy atom. The third kappa shape index (κ3) is 3.38. The van der Waals surface area contributed by atoms with Crippen LogP contribution in [0.5, 0.6) is 0 Å². The second-order valence-electron chi connectivity index (χ2n) is 5.35. The third-order valence-corrected chi connectivity index (χ3v) is 4.46. The van der Waals surface area contributed by atoms with Crippen molar-refractivity contribution in [2.45, 2.75) is 46.1 Å². The van der Waals surface area contributed by atoms with Crippen LogP contribution in [-0.2, 0) is 0 Å². The van der Waals surface area contributed by atoms with Gasteiger partial charge in [0.2, 0.25) is 5.95 Å². The predicted molar refractivity (Wildman–Crippen MR) is 83.7 cm³/mol. The lowest BCUT2D eigenvalue weighted by Gasteiger charge is -2.39. The molecule has 1 aromatic heterocycles. The molecule has 19 heavy (non-hydrogen) atoms. The lowest BCUT2D eigenvalue weighted by Crippen LogP contribution is -2.43. The molecule has 1 fully saturated rings. The van der Waals surface area contributed by atoms with Gasteiger partial charge in [-0.05, 0) is 48.0 Å². The minimum absolute atomic E-state index is 0.527. The van der Waals surface area contributed by atoms with Crippen LogP contribution < -0.4 is 10.2 Å². The molecule has 1 aromatic rings. The van der Waals surface area contributed by atoms with E-state index >= 15 is 0 Å². The molecular weight excluding hydrogens is 304 g/mol. The zero-order valence-corrected chi connectivity index (χ0v) is 13.6. The molecule has 2 atom stereocenters. The third-order valence-electron chi connectivity index (χ3n) is 3.90. The van der Waals surface area contributed by atoms with Crippen molar-refractivity contribution >= 4 is 27.7 Å². The maximum Gasteiger partial charge on any atom is 0.224 e. The lowest BCUT2D eigenvalue weighted by molar-refractivity contribution is 0.361. The van der Waals surface area contributed by atoms with Crippen molar-refractivity contribution in [1.29, 1.82) is 0 Å². The molecule has 106 valence electrons. The molecule has 0 radical (unpaired) electrons. The van der Waals surface area contributed by atoms with E-state index in [1.807, 2.05) is 6.20 Å². The Morgan fingerprint density at radius 1 is 1.47 bits per heavy atom. The normalized spacial score (nSPS) is 23.5. The Morgan fingerprint density at radius 2 is 2.26 bits per heavy atom. The molecule has 1 N–H and O–H groups in total. The Hall–Kier alpha value is -0.840. The van der Waals surface area contributed by atoms with E-state index in [1.165, 1.54) is 12.8 Å². The molecule has 0 aromatic carbocycles. The number of nitrogens with one attached hydrogen (secondary N) is 1. The highest BCUT2D eigenvalue weighted by atomic mass is 79.9. The van der Waals surface area contributed by atoms with Crippen molar-refractivity contribution in [2.24, 2.45) is 5.92 Å². The fourth-order valence-corrected chi connectivity index (χ4v) is 2.93. The smallest absolute Gasteiger partial charge is 0.224 e. The van der Waals surface area contributed by atoms with E-state index in [2.05, 4.69) is 56.9 Å². The standard InChI is InChI=1S/C14H23BrN4/c1-4-7-16-14-17-9-12(15)13(18-14)19-8-5-6-10(2)11(19)3/h9-11H,4-8H2,1-3H3,(H,16,17,18). The van der Waals surface area contributed by atoms with Gasteiger partial charge in [-0.15, -0.1) is 0 Å². The van der Waals surface area contributed by atoms with Gasteiger partial charge in [0.05, 0.1) is 4.47 Å². The first kappa shape index (κ1) is 14.6. The predicted octanol–water partition coefficient (Wildman–Crippen LogP) is 3.69. The monoisotopic (exact) mass is 326 g/mol. The Bertz CT molecular complexity index is 424. The molecular formula is C14H23BrN4. The van der Waals surface area contributed by atoms with Crippen molar-refractivity contribution in [2.75, 3.05) is 23.3 Å². The van der Waals surface area contributed by atoms with Crippen molar-refractivity contribution in [3.05, 3.63) is 10.7 Å². The zero-order valence-electron chi connectivity index (χ0n) is 12.0. The second kappa shape index (κ2) is 6.55. The van der Waals surface area contributed by atoms with Gasteiger partial charge in [0.1, 0.15) is 5.82 Å². The fraction of sp³-hybridized carbons (Fsp3) is 0.714. The van der Waals surface area contributed by atoms with Crippen molar-refractivity contribution < 1.29 is 0 Å². The summed E-state index contributed by atoms with van der Waals surface area (Å²) in [7, 11) is 0. The molecule has 4 nitrogen and oxygen atoms in total. The zero-order chi connectivity index (χ0) is 13.8. The molecule has 0 bridgehead atoms. The second-order valence-corrected chi connectivity index (χ2v) is 6.20. The number of rotatable bonds is 4. The van der Waals surface area contributed by atoms with E-state index in [4.69, 9.17) is 0 Å². The Kier molecular flexibility index (Phi) is 5.02. The van der Waals surface area contributed by atoms with E-state index in [1.54, 1.807) is 0 Å². The van der Waals surface area contributed by atoms with Crippen molar-refractivity contribution in [3.8, 4) is 0 Å². The summed E-state index contributed by atoms with van der Waals surface area (Å²) in [5.74, 6) is 2.46. The topological polar surface area (TPSA) is 41.1 Å². The molecule has 0 amide bonds. The van der Waals surface area contributed by atoms with Crippen molar-refractivity contribution in [1.82, 2.24) is 9.97 Å². The summed E-state index contributed by atoms with van der Waals surface area (Å²) < 4.78 is 0.982. The first-order valence-electron chi connectivity index (χ1n) is 7.16. The average molecular weight is 327 g/mol. The summed E-state index contributed by atoms with van der Waals surface area (Å²) in [6, 6.07) is 0.527. The highest BCUT2D eigenvalue weighted by Crippen LogP contribution is 2.32. The van der Waals surface area contributed by atoms with Gasteiger partial charge in [-0.25, -0.2) is 4.98 Å². The molecule has 5 heteroatoms. The molecule has 0 aliphatic carbocycles. The quantitative estimate of drug-likeness (QED) is 0.916. The van der Waals surface area contributed by atoms with Crippen LogP contribution in [0.1, 0.15) is 40.0 Å². The van der Waals surface area contributed by atoms with Gasteiger partial charge in [-0.1, -0.05) is 13.8 Å². The van der Waals surface area contributed by atoms with Crippen LogP contribution in [-0.4, -0.2) is 29.1 Å². The van der Waals surface area contributed by atoms with E-state index in [-0.39, 0.29) is 0 Å². The SMILES string of the molecule is CCCNc1ncc(Br)c(N2CCCC(C)C2C)n1. The molecule has 1 aliphatic rings. The summed E-state index contributed by atoms with van der Waals surface area (Å²) in [5, 5.41) is 3.26. The Labute approximate surface area is 124 Å². The fourth-order valence-electron chi connectivity index (χ4n) is 2.52. The minimum Gasteiger partial charge on any atom is -0.354 e. The molecule has 1 aliphatic heterocycles. The van der Waals surface area contributed by atoms with Crippen LogP contribution in [0.3, 0.4) is 0 Å². The van der Waals surface area contributed by atoms with Gasteiger partial charge < -0.3 is 10.2 Å². The summed E-state index contributed by atoms with van der Waals surface area (Å²) >= 11 is 3.59. The molecule has 2 heterocycles. The van der Waals surface area contributed by atoms with Crippen LogP contribution in [0.2, 0.25) is 0 Å². The Balaban J connectivity index is 2.22. The molecule has 2 rings (SSSR count). The maximum absolute atomic E-state index is 4.68. The molecule has 0 saturated carbocycles. The van der Waals surface area contributed by atoms with Crippen LogP contribution in [0.4, 0.5) is 11.8 Å². The summed E-state index contributed by atoms with van der Waals surface area (Å²) in [5.41, 5.74) is 0. The van der Waals surface area contributed by atoms with Gasteiger partial charge >= 0.3 is 0 Å². The van der Waals surface area contributed by atoms with Crippen LogP contribution in [0.25, 0.3) is 0 Å². The maximum atomic E-state index is 4.68. The number of hydrogen-bond acceptors (Lipinski definition) is 4. The largest absolute Gasteiger partial charge is 0.354 e. The number of aromatic nitrogens is 2. The number of nitrogens with zero attached hydrogens (tertiary/aromatic N) is 3. The summed E-state index contributed by atoms with van der Waals surface area (Å²) in [6.07, 6.45) is 5.47. The van der Waals surface area contributed by atoms with E-state index < -0.39 is 0 Å². The van der Waals surface area contributed by atoms with Crippen molar-refractivity contribution in [3.63, 3.8) is 0 Å². The molecule has 0 spiro atoms. The summed E-state index contributed by atoms with van der Waals surface area (Å²) in [6.45, 7) is 8.74. The van der Waals surface area contributed by atoms with E-state index in [0.717, 1.165) is 35.7 Å². The van der Waals surface area contributed by atoms with Gasteiger partial charge in [-0.2, -0.15) is 4.98 Å². The van der Waals surface area contributed by atoms with E-state index in [9.17, 15) is 0 Å². The summed E-state index contributed by atoms with van der Waals surface area (Å²) in [4.78, 5) is 11.4. The van der Waals surface area contributed by atoms with Crippen LogP contribution >= 0.6 is 15.9 Å². The van der Waals surface area contributed by atoms with Gasteiger partial charge in [0.15, 0.2) is 0 Å². The average Bonchev–Trinajstić information content (AvgIpc) is 2.41. The highest BCUT2D eigenvalue weighted by Gasteiger charge is 2.27. The van der Waals surface area contributed by atoms with Gasteiger partial charge in [0.25, 0.3) is 0 Å². The number of anilines is 2. The van der Waals surface area contributed by atoms with Gasteiger partial charge in [-0.3, -0.25) is 0 Å². The molecule has 2 unspecified atom stereocenters. The molecule has 1 saturated heterocycles. The van der Waals surface area contributed by atoms with Crippen LogP contribution in [0.15, 0.2) is 10.7 Å².